The van der Waals surface area contributed by atoms with Gasteiger partial charge in [-0.3, -0.25) is 0 Å². The summed E-state index contributed by atoms with van der Waals surface area (Å²) in [5.41, 5.74) is 2.53. The smallest absolute Gasteiger partial charge is 0.123 e. The molecule has 0 spiro atoms. The summed E-state index contributed by atoms with van der Waals surface area (Å²) in [6.45, 7) is 5.35. The Morgan fingerprint density at radius 3 is 2.86 bits per heavy atom. The normalized spacial score (nSPS) is 12.3. The maximum Gasteiger partial charge on any atom is 0.123 e. The zero-order valence-electron chi connectivity index (χ0n) is 12.9. The maximum absolute atomic E-state index is 5.55. The van der Waals surface area contributed by atoms with Crippen LogP contribution in [0.4, 0.5) is 0 Å². The molecule has 1 aromatic carbocycles. The zero-order valence-corrected chi connectivity index (χ0v) is 14.5. The number of hydrogen-bond donors (Lipinski definition) is 1. The molecule has 21 heavy (non-hydrogen) atoms. The van der Waals surface area contributed by atoms with Crippen molar-refractivity contribution in [2.24, 2.45) is 0 Å². The molecule has 1 unspecified atom stereocenters. The van der Waals surface area contributed by atoms with Gasteiger partial charge in [0, 0.05) is 17.4 Å². The first-order valence-electron chi connectivity index (χ1n) is 7.28. The minimum Gasteiger partial charge on any atom is -0.496 e. The minimum atomic E-state index is 0.312. The molecular weight excluding hydrogens is 298 g/mol. The summed E-state index contributed by atoms with van der Waals surface area (Å²) in [7, 11) is 1.75. The molecule has 0 amide bonds. The number of rotatable bonds is 8. The fourth-order valence-electron chi connectivity index (χ4n) is 2.21. The third-order valence-corrected chi connectivity index (χ3v) is 5.51. The Morgan fingerprint density at radius 2 is 2.19 bits per heavy atom. The number of ether oxygens (including phenoxy) is 1. The number of benzene rings is 1. The second kappa shape index (κ2) is 8.47. The molecule has 1 N–H and O–H groups in total. The SMILES string of the molecule is CCCNC(CSc1cccs1)c1cc(C)ccc1OC. The molecule has 0 radical (unpaired) electrons. The van der Waals surface area contributed by atoms with E-state index < -0.39 is 0 Å². The second-order valence-electron chi connectivity index (χ2n) is 5.00. The van der Waals surface area contributed by atoms with Gasteiger partial charge in [0.1, 0.15) is 5.75 Å². The highest BCUT2D eigenvalue weighted by molar-refractivity contribution is 8.01. The van der Waals surface area contributed by atoms with Crippen molar-refractivity contribution >= 4 is 23.1 Å². The molecule has 4 heteroatoms. The topological polar surface area (TPSA) is 21.3 Å². The Labute approximate surface area is 135 Å². The predicted octanol–water partition coefficient (Wildman–Crippen LogP) is 4.90. The van der Waals surface area contributed by atoms with E-state index in [2.05, 4.69) is 54.9 Å². The van der Waals surface area contributed by atoms with Crippen molar-refractivity contribution in [2.75, 3.05) is 19.4 Å². The molecule has 2 rings (SSSR count). The molecule has 2 nitrogen and oxygen atoms in total. The van der Waals surface area contributed by atoms with Crippen molar-refractivity contribution in [3.63, 3.8) is 0 Å². The highest BCUT2D eigenvalue weighted by Gasteiger charge is 2.16. The summed E-state index contributed by atoms with van der Waals surface area (Å²) in [4.78, 5) is 0. The van der Waals surface area contributed by atoms with Gasteiger partial charge in [-0.2, -0.15) is 0 Å². The van der Waals surface area contributed by atoms with E-state index in [0.717, 1.165) is 24.5 Å². The van der Waals surface area contributed by atoms with Crippen molar-refractivity contribution in [3.8, 4) is 5.75 Å². The fourth-order valence-corrected chi connectivity index (χ4v) is 4.11. The van der Waals surface area contributed by atoms with Crippen molar-refractivity contribution in [1.82, 2.24) is 5.32 Å². The number of aryl methyl sites for hydroxylation is 1. The number of thiophene rings is 1. The van der Waals surface area contributed by atoms with Crippen LogP contribution in [0.15, 0.2) is 39.9 Å². The number of thioether (sulfide) groups is 1. The predicted molar refractivity (Wildman–Crippen MR) is 93.8 cm³/mol. The molecule has 0 saturated carbocycles. The molecule has 0 fully saturated rings. The second-order valence-corrected chi connectivity index (χ2v) is 7.26. The van der Waals surface area contributed by atoms with Gasteiger partial charge in [0.2, 0.25) is 0 Å². The van der Waals surface area contributed by atoms with Crippen LogP contribution in [-0.4, -0.2) is 19.4 Å². The van der Waals surface area contributed by atoms with Gasteiger partial charge in [-0.15, -0.1) is 23.1 Å². The van der Waals surface area contributed by atoms with Crippen LogP contribution in [0.1, 0.15) is 30.5 Å². The van der Waals surface area contributed by atoms with Crippen molar-refractivity contribution < 1.29 is 4.74 Å². The number of methoxy groups -OCH3 is 1. The first-order valence-corrected chi connectivity index (χ1v) is 9.15. The Hall–Kier alpha value is -0.970. The van der Waals surface area contributed by atoms with Crippen LogP contribution in [0, 0.1) is 6.92 Å². The van der Waals surface area contributed by atoms with E-state index in [0.29, 0.717) is 6.04 Å². The van der Waals surface area contributed by atoms with E-state index in [1.165, 1.54) is 15.3 Å². The lowest BCUT2D eigenvalue weighted by Crippen LogP contribution is -2.24. The maximum atomic E-state index is 5.55. The number of nitrogens with one attached hydrogen (secondary N) is 1. The molecule has 2 aromatic rings. The average Bonchev–Trinajstić information content (AvgIpc) is 3.01. The summed E-state index contributed by atoms with van der Waals surface area (Å²) in [5.74, 6) is 1.99. The Bertz CT molecular complexity index is 540. The molecule has 0 aliphatic carbocycles. The quantitative estimate of drug-likeness (QED) is 0.699. The molecule has 0 bridgehead atoms. The summed E-state index contributed by atoms with van der Waals surface area (Å²) in [5, 5.41) is 5.78. The molecule has 1 atom stereocenters. The van der Waals surface area contributed by atoms with Crippen molar-refractivity contribution in [2.45, 2.75) is 30.5 Å². The summed E-state index contributed by atoms with van der Waals surface area (Å²) in [6, 6.07) is 11.0. The van der Waals surface area contributed by atoms with Crippen LogP contribution in [0.2, 0.25) is 0 Å². The Kier molecular flexibility index (Phi) is 6.61. The standard InChI is InChI=1S/C17H23NOS2/c1-4-9-18-15(12-21-17-6-5-10-20-17)14-11-13(2)7-8-16(14)19-3/h5-8,10-11,15,18H,4,9,12H2,1-3H3. The van der Waals surface area contributed by atoms with Gasteiger partial charge in [-0.25, -0.2) is 0 Å². The van der Waals surface area contributed by atoms with Gasteiger partial charge in [0.25, 0.3) is 0 Å². The largest absolute Gasteiger partial charge is 0.496 e. The average molecular weight is 322 g/mol. The van der Waals surface area contributed by atoms with Gasteiger partial charge >= 0.3 is 0 Å². The third kappa shape index (κ3) is 4.77. The van der Waals surface area contributed by atoms with Gasteiger partial charge in [-0.05, 0) is 37.4 Å². The van der Waals surface area contributed by atoms with Gasteiger partial charge in [-0.1, -0.05) is 30.7 Å². The molecule has 114 valence electrons. The molecular formula is C17H23NOS2. The minimum absolute atomic E-state index is 0.312. The summed E-state index contributed by atoms with van der Waals surface area (Å²) >= 11 is 3.71. The first-order chi connectivity index (χ1) is 10.2. The lowest BCUT2D eigenvalue weighted by molar-refractivity contribution is 0.402. The van der Waals surface area contributed by atoms with E-state index in [-0.39, 0.29) is 0 Å². The highest BCUT2D eigenvalue weighted by atomic mass is 32.2. The van der Waals surface area contributed by atoms with E-state index >= 15 is 0 Å². The molecule has 0 aliphatic rings. The van der Waals surface area contributed by atoms with Crippen LogP contribution < -0.4 is 10.1 Å². The van der Waals surface area contributed by atoms with E-state index in [1.54, 1.807) is 18.4 Å². The third-order valence-electron chi connectivity index (χ3n) is 3.29. The molecule has 0 aliphatic heterocycles. The monoisotopic (exact) mass is 321 g/mol. The number of hydrogen-bond acceptors (Lipinski definition) is 4. The lowest BCUT2D eigenvalue weighted by atomic mass is 10.0. The van der Waals surface area contributed by atoms with Crippen molar-refractivity contribution in [3.05, 3.63) is 46.8 Å². The Morgan fingerprint density at radius 1 is 1.33 bits per heavy atom. The Balaban J connectivity index is 2.16. The first kappa shape index (κ1) is 16.4. The van der Waals surface area contributed by atoms with Crippen LogP contribution in [0.5, 0.6) is 5.75 Å². The molecule has 1 aromatic heterocycles. The summed E-state index contributed by atoms with van der Waals surface area (Å²) in [6.07, 6.45) is 1.13. The highest BCUT2D eigenvalue weighted by Crippen LogP contribution is 2.32. The van der Waals surface area contributed by atoms with Gasteiger partial charge in [0.15, 0.2) is 0 Å². The lowest BCUT2D eigenvalue weighted by Gasteiger charge is -2.21. The summed E-state index contributed by atoms with van der Waals surface area (Å²) < 4.78 is 6.92. The molecule has 1 heterocycles. The zero-order chi connectivity index (χ0) is 15.1. The van der Waals surface area contributed by atoms with Crippen molar-refractivity contribution in [1.29, 1.82) is 0 Å². The van der Waals surface area contributed by atoms with E-state index in [4.69, 9.17) is 4.74 Å². The van der Waals surface area contributed by atoms with Crippen LogP contribution in [0.3, 0.4) is 0 Å². The van der Waals surface area contributed by atoms with E-state index in [1.807, 2.05) is 11.8 Å². The molecule has 0 saturated heterocycles. The fraction of sp³-hybridized carbons (Fsp3) is 0.412. The van der Waals surface area contributed by atoms with E-state index in [9.17, 15) is 0 Å². The van der Waals surface area contributed by atoms with Crippen LogP contribution in [0.25, 0.3) is 0 Å². The van der Waals surface area contributed by atoms with Crippen LogP contribution in [-0.2, 0) is 0 Å². The van der Waals surface area contributed by atoms with Gasteiger partial charge < -0.3 is 10.1 Å². The van der Waals surface area contributed by atoms with Crippen LogP contribution >= 0.6 is 23.1 Å². The van der Waals surface area contributed by atoms with Gasteiger partial charge in [0.05, 0.1) is 11.3 Å².